The summed E-state index contributed by atoms with van der Waals surface area (Å²) >= 11 is 1.32. The summed E-state index contributed by atoms with van der Waals surface area (Å²) in [7, 11) is -3.74. The highest BCUT2D eigenvalue weighted by Gasteiger charge is 2.44. The van der Waals surface area contributed by atoms with Gasteiger partial charge in [-0.2, -0.15) is 4.31 Å². The normalized spacial score (nSPS) is 26.2. The quantitative estimate of drug-likeness (QED) is 0.841. The minimum atomic E-state index is -3.74. The number of carboxylic acids is 1. The van der Waals surface area contributed by atoms with Crippen molar-refractivity contribution in [2.45, 2.75) is 23.2 Å². The zero-order valence-corrected chi connectivity index (χ0v) is 10.7. The predicted molar refractivity (Wildman–Crippen MR) is 63.2 cm³/mol. The van der Waals surface area contributed by atoms with Gasteiger partial charge >= 0.3 is 5.97 Å². The first-order chi connectivity index (χ1) is 7.94. The number of nitrogens with one attached hydrogen (secondary N) is 1. The van der Waals surface area contributed by atoms with Crippen LogP contribution in [0.15, 0.2) is 23.4 Å². The van der Waals surface area contributed by atoms with Crippen LogP contribution in [0, 0.1) is 0 Å². The van der Waals surface area contributed by atoms with Crippen LogP contribution in [0.4, 0.5) is 0 Å². The highest BCUT2D eigenvalue weighted by Crippen LogP contribution is 2.34. The third-order valence-electron chi connectivity index (χ3n) is 2.59. The van der Waals surface area contributed by atoms with E-state index in [1.165, 1.54) is 30.2 Å². The molecule has 2 N–H and O–H groups in total. The molecule has 2 unspecified atom stereocenters. The molecule has 1 aliphatic rings. The van der Waals surface area contributed by atoms with Gasteiger partial charge < -0.3 is 10.1 Å². The fourth-order valence-corrected chi connectivity index (χ4v) is 5.03. The maximum atomic E-state index is 12.3. The summed E-state index contributed by atoms with van der Waals surface area (Å²) in [6.07, 6.45) is 2.85. The summed E-state index contributed by atoms with van der Waals surface area (Å²) in [6.45, 7) is 1.69. The summed E-state index contributed by atoms with van der Waals surface area (Å²) in [6, 6.07) is 0.430. The van der Waals surface area contributed by atoms with Crippen LogP contribution in [0.25, 0.3) is 0 Å². The second-order valence-electron chi connectivity index (χ2n) is 3.67. The number of aliphatic carboxylic acids is 1. The fraction of sp³-hybridized carbons (Fsp3) is 0.444. The SMILES string of the molecule is CC1SCC(C(=O)O)N1S(=O)(=O)c1cc[nH]c1. The van der Waals surface area contributed by atoms with Crippen LogP contribution in [0.3, 0.4) is 0 Å². The minimum Gasteiger partial charge on any atom is -0.480 e. The molecule has 17 heavy (non-hydrogen) atoms. The Morgan fingerprint density at radius 3 is 2.88 bits per heavy atom. The van der Waals surface area contributed by atoms with Crippen molar-refractivity contribution in [3.05, 3.63) is 18.5 Å². The summed E-state index contributed by atoms with van der Waals surface area (Å²) in [4.78, 5) is 13.8. The van der Waals surface area contributed by atoms with Crippen molar-refractivity contribution >= 4 is 27.8 Å². The average molecular weight is 276 g/mol. The van der Waals surface area contributed by atoms with Gasteiger partial charge in [0.15, 0.2) is 0 Å². The van der Waals surface area contributed by atoms with Crippen molar-refractivity contribution in [3.63, 3.8) is 0 Å². The van der Waals surface area contributed by atoms with E-state index in [9.17, 15) is 13.2 Å². The third kappa shape index (κ3) is 2.07. The Balaban J connectivity index is 2.41. The van der Waals surface area contributed by atoms with E-state index in [0.29, 0.717) is 0 Å². The molecule has 0 radical (unpaired) electrons. The Morgan fingerprint density at radius 1 is 1.65 bits per heavy atom. The smallest absolute Gasteiger partial charge is 0.322 e. The van der Waals surface area contributed by atoms with Crippen molar-refractivity contribution < 1.29 is 18.3 Å². The maximum Gasteiger partial charge on any atom is 0.322 e. The number of nitrogens with zero attached hydrogens (tertiary/aromatic N) is 1. The van der Waals surface area contributed by atoms with Crippen LogP contribution in [0.2, 0.25) is 0 Å². The van der Waals surface area contributed by atoms with Gasteiger partial charge in [0.05, 0.1) is 10.3 Å². The van der Waals surface area contributed by atoms with Crippen molar-refractivity contribution in [1.29, 1.82) is 0 Å². The maximum absolute atomic E-state index is 12.3. The molecule has 2 heterocycles. The molecule has 1 aliphatic heterocycles. The standard InChI is InChI=1S/C9H12N2O4S2/c1-6-11(8(5-16-6)9(12)13)17(14,15)7-2-3-10-4-7/h2-4,6,8,10H,5H2,1H3,(H,12,13). The molecule has 0 spiro atoms. The van der Waals surface area contributed by atoms with Gasteiger partial charge in [-0.3, -0.25) is 4.79 Å². The van der Waals surface area contributed by atoms with E-state index < -0.39 is 22.0 Å². The van der Waals surface area contributed by atoms with E-state index in [2.05, 4.69) is 4.98 Å². The number of carboxylic acid groups (broad SMARTS) is 1. The number of carbonyl (C=O) groups is 1. The number of aromatic amines is 1. The summed E-state index contributed by atoms with van der Waals surface area (Å²) in [5.74, 6) is -0.832. The van der Waals surface area contributed by atoms with E-state index in [4.69, 9.17) is 5.11 Å². The van der Waals surface area contributed by atoms with Gasteiger partial charge in [-0.15, -0.1) is 11.8 Å². The van der Waals surface area contributed by atoms with Crippen LogP contribution in [-0.4, -0.2) is 46.0 Å². The molecule has 0 aliphatic carbocycles. The van der Waals surface area contributed by atoms with Crippen LogP contribution in [0.5, 0.6) is 0 Å². The molecule has 6 nitrogen and oxygen atoms in total. The van der Waals surface area contributed by atoms with Gasteiger partial charge in [-0.1, -0.05) is 0 Å². The van der Waals surface area contributed by atoms with Gasteiger partial charge in [-0.05, 0) is 13.0 Å². The first kappa shape index (κ1) is 12.5. The second kappa shape index (κ2) is 4.35. The Kier molecular flexibility index (Phi) is 3.19. The predicted octanol–water partition coefficient (Wildman–Crippen LogP) is 0.551. The molecule has 2 rings (SSSR count). The number of hydrogen-bond acceptors (Lipinski definition) is 4. The van der Waals surface area contributed by atoms with E-state index in [-0.39, 0.29) is 16.0 Å². The molecule has 8 heteroatoms. The molecule has 1 aromatic rings. The van der Waals surface area contributed by atoms with Gasteiger partial charge in [0.1, 0.15) is 6.04 Å². The lowest BCUT2D eigenvalue weighted by atomic mass is 10.3. The number of sulfonamides is 1. The Labute approximate surface area is 103 Å². The van der Waals surface area contributed by atoms with Crippen molar-refractivity contribution in [2.24, 2.45) is 0 Å². The van der Waals surface area contributed by atoms with Crippen LogP contribution in [-0.2, 0) is 14.8 Å². The molecule has 1 aromatic heterocycles. The molecule has 1 saturated heterocycles. The average Bonchev–Trinajstić information content (AvgIpc) is 2.84. The second-order valence-corrected chi connectivity index (χ2v) is 6.86. The molecule has 0 aromatic carbocycles. The number of aromatic nitrogens is 1. The van der Waals surface area contributed by atoms with Gasteiger partial charge in [0.25, 0.3) is 0 Å². The largest absolute Gasteiger partial charge is 0.480 e. The Hall–Kier alpha value is -0.990. The number of thioether (sulfide) groups is 1. The third-order valence-corrected chi connectivity index (χ3v) is 5.92. The Morgan fingerprint density at radius 2 is 2.35 bits per heavy atom. The summed E-state index contributed by atoms with van der Waals surface area (Å²) in [5, 5.41) is 8.67. The lowest BCUT2D eigenvalue weighted by molar-refractivity contribution is -0.140. The summed E-state index contributed by atoms with van der Waals surface area (Å²) < 4.78 is 25.6. The Bertz CT molecular complexity index is 511. The lowest BCUT2D eigenvalue weighted by Gasteiger charge is -2.23. The summed E-state index contributed by atoms with van der Waals surface area (Å²) in [5.41, 5.74) is 0. The van der Waals surface area contributed by atoms with Gasteiger partial charge in [0.2, 0.25) is 10.0 Å². The number of hydrogen-bond donors (Lipinski definition) is 2. The molecule has 0 amide bonds. The monoisotopic (exact) mass is 276 g/mol. The van der Waals surface area contributed by atoms with Crippen molar-refractivity contribution in [2.75, 3.05) is 5.75 Å². The fourth-order valence-electron chi connectivity index (χ4n) is 1.76. The van der Waals surface area contributed by atoms with E-state index in [1.807, 2.05) is 0 Å². The zero-order chi connectivity index (χ0) is 12.6. The van der Waals surface area contributed by atoms with Crippen LogP contribution < -0.4 is 0 Å². The molecule has 2 atom stereocenters. The zero-order valence-electron chi connectivity index (χ0n) is 9.03. The molecule has 0 bridgehead atoms. The van der Waals surface area contributed by atoms with Crippen LogP contribution in [0.1, 0.15) is 6.92 Å². The molecule has 94 valence electrons. The molecular weight excluding hydrogens is 264 g/mol. The van der Waals surface area contributed by atoms with Crippen molar-refractivity contribution in [3.8, 4) is 0 Å². The van der Waals surface area contributed by atoms with Crippen molar-refractivity contribution in [1.82, 2.24) is 9.29 Å². The van der Waals surface area contributed by atoms with Crippen LogP contribution >= 0.6 is 11.8 Å². The van der Waals surface area contributed by atoms with Gasteiger partial charge in [0, 0.05) is 18.1 Å². The van der Waals surface area contributed by atoms with E-state index in [0.717, 1.165) is 4.31 Å². The first-order valence-corrected chi connectivity index (χ1v) is 7.44. The van der Waals surface area contributed by atoms with Gasteiger partial charge in [-0.25, -0.2) is 8.42 Å². The minimum absolute atomic E-state index is 0.0955. The molecule has 1 fully saturated rings. The van der Waals surface area contributed by atoms with E-state index in [1.54, 1.807) is 6.92 Å². The topological polar surface area (TPSA) is 90.5 Å². The lowest BCUT2D eigenvalue weighted by Crippen LogP contribution is -2.44. The molecule has 0 saturated carbocycles. The first-order valence-electron chi connectivity index (χ1n) is 4.95. The highest BCUT2D eigenvalue weighted by molar-refractivity contribution is 8.01. The molecular formula is C9H12N2O4S2. The highest BCUT2D eigenvalue weighted by atomic mass is 32.2. The number of H-pyrrole nitrogens is 1. The van der Waals surface area contributed by atoms with E-state index >= 15 is 0 Å². The number of rotatable bonds is 3.